The summed E-state index contributed by atoms with van der Waals surface area (Å²) < 4.78 is 5.28. The van der Waals surface area contributed by atoms with Gasteiger partial charge in [0.1, 0.15) is 5.54 Å². The van der Waals surface area contributed by atoms with E-state index in [0.29, 0.717) is 12.6 Å². The first-order valence-corrected chi connectivity index (χ1v) is 8.31. The third kappa shape index (κ3) is 4.74. The van der Waals surface area contributed by atoms with Gasteiger partial charge in [0, 0.05) is 12.6 Å². The van der Waals surface area contributed by atoms with Crippen LogP contribution in [0.3, 0.4) is 0 Å². The normalized spacial score (nSPS) is 23.9. The van der Waals surface area contributed by atoms with Gasteiger partial charge in [0.15, 0.2) is 0 Å². The smallest absolute Gasteiger partial charge is 0.326 e. The van der Waals surface area contributed by atoms with Crippen LogP contribution in [0.25, 0.3) is 0 Å². The number of esters is 1. The van der Waals surface area contributed by atoms with Crippen molar-refractivity contribution in [1.82, 2.24) is 10.2 Å². The van der Waals surface area contributed by atoms with Gasteiger partial charge >= 0.3 is 5.97 Å². The van der Waals surface area contributed by atoms with Gasteiger partial charge in [-0.25, -0.2) is 0 Å². The first-order valence-electron chi connectivity index (χ1n) is 8.31. The Labute approximate surface area is 123 Å². The molecule has 0 bridgehead atoms. The average Bonchev–Trinajstić information content (AvgIpc) is 3.23. The Bertz CT molecular complexity index is 310. The number of carbonyl (C=O) groups excluding carboxylic acids is 1. The van der Waals surface area contributed by atoms with Crippen LogP contribution in [0.2, 0.25) is 0 Å². The van der Waals surface area contributed by atoms with Crippen molar-refractivity contribution in [3.63, 3.8) is 0 Å². The lowest BCUT2D eigenvalue weighted by Crippen LogP contribution is -2.53. The molecule has 1 atom stereocenters. The van der Waals surface area contributed by atoms with Gasteiger partial charge in [-0.1, -0.05) is 12.8 Å². The van der Waals surface area contributed by atoms with Crippen LogP contribution < -0.4 is 5.32 Å². The molecule has 2 rings (SSSR count). The van der Waals surface area contributed by atoms with E-state index in [1.54, 1.807) is 0 Å². The van der Waals surface area contributed by atoms with E-state index in [1.165, 1.54) is 51.6 Å². The molecule has 1 N–H and O–H groups in total. The fourth-order valence-corrected chi connectivity index (χ4v) is 2.94. The zero-order chi connectivity index (χ0) is 14.4. The molecule has 20 heavy (non-hydrogen) atoms. The molecule has 1 aliphatic heterocycles. The van der Waals surface area contributed by atoms with Crippen molar-refractivity contribution < 1.29 is 9.53 Å². The molecule has 1 unspecified atom stereocenters. The summed E-state index contributed by atoms with van der Waals surface area (Å²) in [5, 5.41) is 3.51. The van der Waals surface area contributed by atoms with Crippen molar-refractivity contribution in [2.24, 2.45) is 0 Å². The summed E-state index contributed by atoms with van der Waals surface area (Å²) >= 11 is 0. The van der Waals surface area contributed by atoms with Crippen LogP contribution in [-0.4, -0.2) is 48.7 Å². The van der Waals surface area contributed by atoms with Gasteiger partial charge in [-0.05, 0) is 59.0 Å². The van der Waals surface area contributed by atoms with E-state index in [-0.39, 0.29) is 5.97 Å². The number of rotatable bonds is 7. The standard InChI is InChI=1S/C16H30N2O2/c1-3-20-15(19)16(2,17-14-8-9-14)10-13-18-11-6-4-5-7-12-18/h14,17H,3-13H2,1-2H3. The van der Waals surface area contributed by atoms with Gasteiger partial charge in [0.05, 0.1) is 6.61 Å². The van der Waals surface area contributed by atoms with Crippen molar-refractivity contribution in [3.05, 3.63) is 0 Å². The first-order chi connectivity index (χ1) is 9.64. The van der Waals surface area contributed by atoms with Gasteiger partial charge in [0.25, 0.3) is 0 Å². The minimum Gasteiger partial charge on any atom is -0.465 e. The lowest BCUT2D eigenvalue weighted by Gasteiger charge is -2.31. The highest BCUT2D eigenvalue weighted by Crippen LogP contribution is 2.25. The molecule has 0 aromatic heterocycles. The summed E-state index contributed by atoms with van der Waals surface area (Å²) in [6.45, 7) is 7.72. The van der Waals surface area contributed by atoms with Crippen LogP contribution in [-0.2, 0) is 9.53 Å². The van der Waals surface area contributed by atoms with Gasteiger partial charge in [0.2, 0.25) is 0 Å². The summed E-state index contributed by atoms with van der Waals surface area (Å²) in [7, 11) is 0. The van der Waals surface area contributed by atoms with E-state index >= 15 is 0 Å². The summed E-state index contributed by atoms with van der Waals surface area (Å²) in [4.78, 5) is 14.8. The predicted octanol–water partition coefficient (Wildman–Crippen LogP) is 2.33. The molecular weight excluding hydrogens is 252 g/mol. The Morgan fingerprint density at radius 3 is 2.45 bits per heavy atom. The minimum absolute atomic E-state index is 0.0817. The number of ether oxygens (including phenoxy) is 1. The van der Waals surface area contributed by atoms with Crippen LogP contribution >= 0.6 is 0 Å². The van der Waals surface area contributed by atoms with E-state index in [9.17, 15) is 4.79 Å². The monoisotopic (exact) mass is 282 g/mol. The Kier molecular flexibility index (Phi) is 5.85. The molecule has 0 aromatic carbocycles. The molecule has 4 heteroatoms. The van der Waals surface area contributed by atoms with Crippen LogP contribution in [0.1, 0.15) is 58.8 Å². The molecule has 1 heterocycles. The molecule has 116 valence electrons. The van der Waals surface area contributed by atoms with Gasteiger partial charge in [-0.3, -0.25) is 10.1 Å². The molecule has 1 saturated heterocycles. The van der Waals surface area contributed by atoms with Crippen LogP contribution in [0, 0.1) is 0 Å². The van der Waals surface area contributed by atoms with E-state index in [4.69, 9.17) is 4.74 Å². The largest absolute Gasteiger partial charge is 0.465 e. The van der Waals surface area contributed by atoms with E-state index in [1.807, 2.05) is 13.8 Å². The molecule has 0 aromatic rings. The van der Waals surface area contributed by atoms with Crippen LogP contribution in [0.15, 0.2) is 0 Å². The third-order valence-electron chi connectivity index (χ3n) is 4.45. The number of nitrogens with one attached hydrogen (secondary N) is 1. The van der Waals surface area contributed by atoms with Crippen molar-refractivity contribution in [2.45, 2.75) is 70.4 Å². The lowest BCUT2D eigenvalue weighted by atomic mass is 9.97. The zero-order valence-electron chi connectivity index (χ0n) is 13.1. The Morgan fingerprint density at radius 2 is 1.90 bits per heavy atom. The highest BCUT2D eigenvalue weighted by molar-refractivity contribution is 5.80. The molecule has 0 amide bonds. The van der Waals surface area contributed by atoms with Crippen molar-refractivity contribution in [1.29, 1.82) is 0 Å². The molecular formula is C16H30N2O2. The topological polar surface area (TPSA) is 41.6 Å². The van der Waals surface area contributed by atoms with E-state index in [0.717, 1.165) is 13.0 Å². The fraction of sp³-hybridized carbons (Fsp3) is 0.938. The summed E-state index contributed by atoms with van der Waals surface area (Å²) in [6.07, 6.45) is 8.54. The van der Waals surface area contributed by atoms with E-state index < -0.39 is 5.54 Å². The molecule has 4 nitrogen and oxygen atoms in total. The number of likely N-dealkylation sites (tertiary alicyclic amines) is 1. The second-order valence-electron chi connectivity index (χ2n) is 6.48. The maximum Gasteiger partial charge on any atom is 0.326 e. The van der Waals surface area contributed by atoms with Gasteiger partial charge < -0.3 is 9.64 Å². The highest BCUT2D eigenvalue weighted by Gasteiger charge is 2.39. The maximum atomic E-state index is 12.3. The molecule has 0 spiro atoms. The molecule has 1 saturated carbocycles. The quantitative estimate of drug-likeness (QED) is 0.728. The van der Waals surface area contributed by atoms with Gasteiger partial charge in [-0.15, -0.1) is 0 Å². The fourth-order valence-electron chi connectivity index (χ4n) is 2.94. The molecule has 1 aliphatic carbocycles. The predicted molar refractivity (Wildman–Crippen MR) is 80.7 cm³/mol. The second-order valence-corrected chi connectivity index (χ2v) is 6.48. The number of hydrogen-bond donors (Lipinski definition) is 1. The highest BCUT2D eigenvalue weighted by atomic mass is 16.5. The Hall–Kier alpha value is -0.610. The SMILES string of the molecule is CCOC(=O)C(C)(CCN1CCCCCC1)NC1CC1. The molecule has 0 radical (unpaired) electrons. The van der Waals surface area contributed by atoms with Crippen LogP contribution in [0.4, 0.5) is 0 Å². The maximum absolute atomic E-state index is 12.3. The second kappa shape index (κ2) is 7.41. The van der Waals surface area contributed by atoms with Crippen LogP contribution in [0.5, 0.6) is 0 Å². The zero-order valence-corrected chi connectivity index (χ0v) is 13.1. The molecule has 2 fully saturated rings. The number of hydrogen-bond acceptors (Lipinski definition) is 4. The lowest BCUT2D eigenvalue weighted by molar-refractivity contribution is -0.151. The summed E-state index contributed by atoms with van der Waals surface area (Å²) in [6, 6.07) is 0.522. The Balaban J connectivity index is 1.86. The number of nitrogens with zero attached hydrogens (tertiary/aromatic N) is 1. The average molecular weight is 282 g/mol. The summed E-state index contributed by atoms with van der Waals surface area (Å²) in [5.41, 5.74) is -0.510. The van der Waals surface area contributed by atoms with Crippen molar-refractivity contribution in [2.75, 3.05) is 26.2 Å². The number of carbonyl (C=O) groups is 1. The van der Waals surface area contributed by atoms with Gasteiger partial charge in [-0.2, -0.15) is 0 Å². The summed E-state index contributed by atoms with van der Waals surface area (Å²) in [5.74, 6) is -0.0817. The van der Waals surface area contributed by atoms with Crippen molar-refractivity contribution >= 4 is 5.97 Å². The Morgan fingerprint density at radius 1 is 1.25 bits per heavy atom. The van der Waals surface area contributed by atoms with E-state index in [2.05, 4.69) is 10.2 Å². The third-order valence-corrected chi connectivity index (χ3v) is 4.45. The van der Waals surface area contributed by atoms with Crippen molar-refractivity contribution in [3.8, 4) is 0 Å². The molecule has 2 aliphatic rings. The first kappa shape index (κ1) is 15.8. The minimum atomic E-state index is -0.510.